The van der Waals surface area contributed by atoms with E-state index in [2.05, 4.69) is 9.67 Å². The molecule has 0 unspecified atom stereocenters. The minimum absolute atomic E-state index is 0.00721. The Morgan fingerprint density at radius 1 is 1.18 bits per heavy atom. The van der Waals surface area contributed by atoms with Crippen LogP contribution in [0.4, 0.5) is 0 Å². The summed E-state index contributed by atoms with van der Waals surface area (Å²) in [6, 6.07) is 7.71. The lowest BCUT2D eigenvalue weighted by molar-refractivity contribution is -0.131. The molecule has 4 rings (SSSR count). The maximum absolute atomic E-state index is 13.1. The highest BCUT2D eigenvalue weighted by atomic mass is 35.5. The topological polar surface area (TPSA) is 60.1 Å². The highest BCUT2D eigenvalue weighted by Crippen LogP contribution is 2.24. The molecular formula is C21H23ClN4O2. The molecule has 0 radical (unpaired) electrons. The van der Waals surface area contributed by atoms with Gasteiger partial charge in [-0.15, -0.1) is 0 Å². The third-order valence-corrected chi connectivity index (χ3v) is 5.81. The second-order valence-electron chi connectivity index (χ2n) is 7.37. The number of nitrogens with zero attached hydrogens (tertiary/aromatic N) is 4. The average Bonchev–Trinajstić information content (AvgIpc) is 3.28. The van der Waals surface area contributed by atoms with Crippen molar-refractivity contribution in [3.05, 3.63) is 62.8 Å². The summed E-state index contributed by atoms with van der Waals surface area (Å²) < 4.78 is 3.39. The summed E-state index contributed by atoms with van der Waals surface area (Å²) in [5.74, 6) is -0.0424. The third kappa shape index (κ3) is 3.33. The molecule has 0 aliphatic carbocycles. The van der Waals surface area contributed by atoms with E-state index in [4.69, 9.17) is 11.6 Å². The highest BCUT2D eigenvalue weighted by molar-refractivity contribution is 6.30. The molecule has 1 aromatic carbocycles. The number of rotatable bonds is 4. The number of hydrogen-bond acceptors (Lipinski definition) is 3. The van der Waals surface area contributed by atoms with Gasteiger partial charge in [-0.25, -0.2) is 4.68 Å². The quantitative estimate of drug-likeness (QED) is 0.678. The van der Waals surface area contributed by atoms with Crippen LogP contribution in [0.15, 0.2) is 35.3 Å². The Morgan fingerprint density at radius 2 is 1.93 bits per heavy atom. The van der Waals surface area contributed by atoms with Gasteiger partial charge in [-0.3, -0.25) is 9.59 Å². The molecule has 2 aromatic heterocycles. The lowest BCUT2D eigenvalue weighted by Crippen LogP contribution is -2.35. The normalized spacial score (nSPS) is 14.2. The first-order valence-corrected chi connectivity index (χ1v) is 9.91. The van der Waals surface area contributed by atoms with Crippen molar-refractivity contribution in [2.75, 3.05) is 13.1 Å². The first kappa shape index (κ1) is 18.7. The maximum Gasteiger partial charge on any atom is 0.276 e. The van der Waals surface area contributed by atoms with Crippen LogP contribution in [0.25, 0.3) is 10.8 Å². The fraction of sp³-hybridized carbons (Fsp3) is 0.381. The number of carbonyl (C=O) groups excluding carboxylic acids is 1. The van der Waals surface area contributed by atoms with Crippen LogP contribution in [-0.4, -0.2) is 38.2 Å². The van der Waals surface area contributed by atoms with E-state index in [9.17, 15) is 9.59 Å². The SMILES string of the molecule is Cc1c2cnn(CC(=O)N3CCCC3)c(=O)c2c(C)n1Cc1cccc(Cl)c1. The lowest BCUT2D eigenvalue weighted by Gasteiger charge is -2.15. The van der Waals surface area contributed by atoms with Crippen molar-refractivity contribution in [3.8, 4) is 0 Å². The summed E-state index contributed by atoms with van der Waals surface area (Å²) in [5.41, 5.74) is 2.71. The van der Waals surface area contributed by atoms with E-state index in [0.717, 1.165) is 48.3 Å². The molecule has 28 heavy (non-hydrogen) atoms. The maximum atomic E-state index is 13.1. The lowest BCUT2D eigenvalue weighted by atomic mass is 10.2. The predicted octanol–water partition coefficient (Wildman–Crippen LogP) is 3.14. The Morgan fingerprint density at radius 3 is 2.64 bits per heavy atom. The third-order valence-electron chi connectivity index (χ3n) is 5.58. The van der Waals surface area contributed by atoms with E-state index < -0.39 is 0 Å². The largest absolute Gasteiger partial charge is 0.343 e. The standard InChI is InChI=1S/C21H23ClN4O2/c1-14-18-11-23-26(13-19(27)24-8-3-4-9-24)21(28)20(18)15(2)25(14)12-16-6-5-7-17(22)10-16/h5-7,10-11H,3-4,8-9,12-13H2,1-2H3. The molecule has 0 spiro atoms. The molecule has 1 aliphatic heterocycles. The number of carbonyl (C=O) groups is 1. The Bertz CT molecular complexity index is 1110. The Balaban J connectivity index is 1.71. The Labute approximate surface area is 168 Å². The van der Waals surface area contributed by atoms with Crippen LogP contribution in [-0.2, 0) is 17.9 Å². The summed E-state index contributed by atoms with van der Waals surface area (Å²) in [5, 5.41) is 6.42. The molecule has 6 nitrogen and oxygen atoms in total. The summed E-state index contributed by atoms with van der Waals surface area (Å²) in [6.07, 6.45) is 3.75. The Hall–Kier alpha value is -2.60. The van der Waals surface area contributed by atoms with Gasteiger partial charge in [0.1, 0.15) is 6.54 Å². The van der Waals surface area contributed by atoms with Crippen molar-refractivity contribution in [2.45, 2.75) is 39.8 Å². The zero-order valence-corrected chi connectivity index (χ0v) is 16.9. The molecule has 3 heterocycles. The van der Waals surface area contributed by atoms with Crippen LogP contribution in [0, 0.1) is 13.8 Å². The van der Waals surface area contributed by atoms with Gasteiger partial charge in [-0.05, 0) is 44.4 Å². The number of aryl methyl sites for hydroxylation is 2. The second-order valence-corrected chi connectivity index (χ2v) is 7.81. The van der Waals surface area contributed by atoms with Gasteiger partial charge in [0.2, 0.25) is 5.91 Å². The number of amides is 1. The smallest absolute Gasteiger partial charge is 0.276 e. The summed E-state index contributed by atoms with van der Waals surface area (Å²) in [4.78, 5) is 27.3. The molecule has 0 atom stereocenters. The van der Waals surface area contributed by atoms with Gasteiger partial charge in [-0.1, -0.05) is 23.7 Å². The van der Waals surface area contributed by atoms with Crippen LogP contribution in [0.1, 0.15) is 29.8 Å². The van der Waals surface area contributed by atoms with Gasteiger partial charge in [0, 0.05) is 41.4 Å². The van der Waals surface area contributed by atoms with Gasteiger partial charge in [0.05, 0.1) is 11.6 Å². The van der Waals surface area contributed by atoms with Gasteiger partial charge in [0.15, 0.2) is 0 Å². The zero-order valence-electron chi connectivity index (χ0n) is 16.1. The number of halogens is 1. The molecule has 7 heteroatoms. The highest BCUT2D eigenvalue weighted by Gasteiger charge is 2.21. The van der Waals surface area contributed by atoms with E-state index >= 15 is 0 Å². The molecular weight excluding hydrogens is 376 g/mol. The number of likely N-dealkylation sites (tertiary alicyclic amines) is 1. The molecule has 1 amide bonds. The van der Waals surface area contributed by atoms with Crippen LogP contribution in [0.2, 0.25) is 5.02 Å². The van der Waals surface area contributed by atoms with Crippen molar-refractivity contribution >= 4 is 28.3 Å². The fourth-order valence-electron chi connectivity index (χ4n) is 4.01. The molecule has 3 aromatic rings. The molecule has 0 saturated carbocycles. The number of hydrogen-bond donors (Lipinski definition) is 0. The van der Waals surface area contributed by atoms with Gasteiger partial charge < -0.3 is 9.47 Å². The van der Waals surface area contributed by atoms with Crippen LogP contribution in [0.3, 0.4) is 0 Å². The minimum Gasteiger partial charge on any atom is -0.343 e. The predicted molar refractivity (Wildman–Crippen MR) is 110 cm³/mol. The monoisotopic (exact) mass is 398 g/mol. The fourth-order valence-corrected chi connectivity index (χ4v) is 4.22. The molecule has 146 valence electrons. The van der Waals surface area contributed by atoms with Crippen LogP contribution < -0.4 is 5.56 Å². The Kier molecular flexibility index (Phi) is 4.98. The van der Waals surface area contributed by atoms with Gasteiger partial charge in [-0.2, -0.15) is 5.10 Å². The van der Waals surface area contributed by atoms with Crippen LogP contribution >= 0.6 is 11.6 Å². The van der Waals surface area contributed by atoms with Gasteiger partial charge in [0.25, 0.3) is 5.56 Å². The number of aromatic nitrogens is 3. The molecule has 0 bridgehead atoms. The first-order valence-electron chi connectivity index (χ1n) is 9.53. The molecule has 1 saturated heterocycles. The molecule has 0 N–H and O–H groups in total. The summed E-state index contributed by atoms with van der Waals surface area (Å²) in [7, 11) is 0. The van der Waals surface area contributed by atoms with E-state index in [1.807, 2.05) is 38.1 Å². The summed E-state index contributed by atoms with van der Waals surface area (Å²) >= 11 is 6.11. The average molecular weight is 399 g/mol. The van der Waals surface area contributed by atoms with E-state index in [1.165, 1.54) is 4.68 Å². The van der Waals surface area contributed by atoms with Crippen LogP contribution in [0.5, 0.6) is 0 Å². The van der Waals surface area contributed by atoms with Crippen molar-refractivity contribution in [1.82, 2.24) is 19.2 Å². The number of fused-ring (bicyclic) bond motifs is 1. The zero-order chi connectivity index (χ0) is 19.8. The summed E-state index contributed by atoms with van der Waals surface area (Å²) in [6.45, 7) is 6.08. The van der Waals surface area contributed by atoms with E-state index in [1.54, 1.807) is 11.1 Å². The first-order chi connectivity index (χ1) is 13.5. The van der Waals surface area contributed by atoms with Crippen molar-refractivity contribution in [3.63, 3.8) is 0 Å². The van der Waals surface area contributed by atoms with Crippen molar-refractivity contribution in [2.24, 2.45) is 0 Å². The van der Waals surface area contributed by atoms with Crippen molar-refractivity contribution < 1.29 is 4.79 Å². The number of benzene rings is 1. The van der Waals surface area contributed by atoms with E-state index in [-0.39, 0.29) is 18.0 Å². The molecule has 1 aliphatic rings. The van der Waals surface area contributed by atoms with Crippen molar-refractivity contribution in [1.29, 1.82) is 0 Å². The van der Waals surface area contributed by atoms with E-state index in [0.29, 0.717) is 17.0 Å². The second kappa shape index (κ2) is 7.43. The van der Waals surface area contributed by atoms with Gasteiger partial charge >= 0.3 is 0 Å². The minimum atomic E-state index is -0.213. The molecule has 1 fully saturated rings.